The molecule has 0 saturated carbocycles. The molecule has 1 heterocycles. The van der Waals surface area contributed by atoms with Crippen LogP contribution in [0.25, 0.3) is 0 Å². The Balaban J connectivity index is 1.42. The molecule has 0 saturated heterocycles. The van der Waals surface area contributed by atoms with Gasteiger partial charge >= 0.3 is 11.8 Å². The van der Waals surface area contributed by atoms with Crippen molar-refractivity contribution in [1.29, 1.82) is 0 Å². The highest BCUT2D eigenvalue weighted by atomic mass is 35.5. The molecule has 212 valence electrons. The lowest BCUT2D eigenvalue weighted by Crippen LogP contribution is -2.39. The third kappa shape index (κ3) is 8.27. The van der Waals surface area contributed by atoms with Gasteiger partial charge < -0.3 is 9.73 Å². The zero-order valence-corrected chi connectivity index (χ0v) is 24.2. The Labute approximate surface area is 247 Å². The maximum Gasteiger partial charge on any atom is 0.329 e. The van der Waals surface area contributed by atoms with Crippen molar-refractivity contribution in [2.24, 2.45) is 5.10 Å². The second-order valence-corrected chi connectivity index (χ2v) is 11.8. The average Bonchev–Trinajstić information content (AvgIpc) is 3.41. The summed E-state index contributed by atoms with van der Waals surface area (Å²) in [7, 11) is -3.94. The van der Waals surface area contributed by atoms with Gasteiger partial charge in [0.2, 0.25) is 10.0 Å². The summed E-state index contributed by atoms with van der Waals surface area (Å²) in [5.74, 6) is -1.21. The quantitative estimate of drug-likeness (QED) is 0.143. The van der Waals surface area contributed by atoms with Gasteiger partial charge in [-0.1, -0.05) is 65.7 Å². The second kappa shape index (κ2) is 13.6. The number of hydrazone groups is 1. The van der Waals surface area contributed by atoms with Gasteiger partial charge in [-0.3, -0.25) is 9.59 Å². The minimum absolute atomic E-state index is 0.0544. The first-order chi connectivity index (χ1) is 19.6. The van der Waals surface area contributed by atoms with Crippen LogP contribution in [0.1, 0.15) is 35.6 Å². The lowest BCUT2D eigenvalue weighted by atomic mass is 10.1. The first kappa shape index (κ1) is 30.0. The molecule has 0 spiro atoms. The van der Waals surface area contributed by atoms with Crippen molar-refractivity contribution in [3.8, 4) is 0 Å². The monoisotopic (exact) mass is 612 g/mol. The van der Waals surface area contributed by atoms with E-state index in [4.69, 9.17) is 27.6 Å². The molecule has 0 aliphatic heterocycles. The van der Waals surface area contributed by atoms with E-state index in [0.29, 0.717) is 15.8 Å². The molecule has 0 fully saturated rings. The molecule has 12 heteroatoms. The maximum absolute atomic E-state index is 13.5. The minimum Gasteiger partial charge on any atom is -0.459 e. The number of nitrogens with zero attached hydrogens (tertiary/aromatic N) is 2. The van der Waals surface area contributed by atoms with Crippen LogP contribution in [0.15, 0.2) is 105 Å². The number of carbonyl (C=O) groups excluding carboxylic acids is 2. The molecular formula is C29H26Cl2N4O5S. The van der Waals surface area contributed by atoms with Crippen LogP contribution in [0.3, 0.4) is 0 Å². The van der Waals surface area contributed by atoms with Crippen LogP contribution < -0.4 is 10.7 Å². The van der Waals surface area contributed by atoms with Crippen molar-refractivity contribution in [3.63, 3.8) is 0 Å². The maximum atomic E-state index is 13.5. The summed E-state index contributed by atoms with van der Waals surface area (Å²) in [5, 5.41) is 7.33. The number of carbonyl (C=O) groups is 2. The van der Waals surface area contributed by atoms with E-state index in [1.165, 1.54) is 34.8 Å². The van der Waals surface area contributed by atoms with Crippen molar-refractivity contribution in [2.45, 2.75) is 31.0 Å². The van der Waals surface area contributed by atoms with Gasteiger partial charge in [-0.25, -0.2) is 13.8 Å². The smallest absolute Gasteiger partial charge is 0.329 e. The molecule has 1 aromatic heterocycles. The van der Waals surface area contributed by atoms with Crippen LogP contribution in [-0.2, 0) is 32.7 Å². The van der Waals surface area contributed by atoms with E-state index in [2.05, 4.69) is 15.8 Å². The first-order valence-corrected chi connectivity index (χ1v) is 14.6. The van der Waals surface area contributed by atoms with Crippen molar-refractivity contribution >= 4 is 51.3 Å². The molecule has 0 radical (unpaired) electrons. The number of amides is 2. The van der Waals surface area contributed by atoms with Gasteiger partial charge in [-0.2, -0.15) is 9.41 Å². The highest BCUT2D eigenvalue weighted by Crippen LogP contribution is 2.24. The highest BCUT2D eigenvalue weighted by Gasteiger charge is 2.26. The first-order valence-electron chi connectivity index (χ1n) is 12.4. The zero-order chi connectivity index (χ0) is 29.4. The third-order valence-electron chi connectivity index (χ3n) is 5.95. The number of halogens is 2. The fourth-order valence-electron chi connectivity index (χ4n) is 3.79. The SMILES string of the molecule is C[C@H](NC(=O)C(=O)N/N=C/c1ccc(CN(Cc2ccc(Cl)cc2)S(=O)(=O)c2ccc(Cl)cc2)o1)c1ccccc1. The Morgan fingerprint density at radius 2 is 1.51 bits per heavy atom. The van der Waals surface area contributed by atoms with Gasteiger partial charge in [0.1, 0.15) is 11.5 Å². The largest absolute Gasteiger partial charge is 0.459 e. The van der Waals surface area contributed by atoms with Gasteiger partial charge in [0.05, 0.1) is 23.7 Å². The molecule has 3 aromatic carbocycles. The second-order valence-electron chi connectivity index (χ2n) is 8.96. The summed E-state index contributed by atoms with van der Waals surface area (Å²) < 4.78 is 34.0. The van der Waals surface area contributed by atoms with Crippen LogP contribution >= 0.6 is 23.2 Å². The van der Waals surface area contributed by atoms with E-state index < -0.39 is 21.8 Å². The standard InChI is InChI=1S/C29H26Cl2N4O5S/c1-20(22-5-3-2-4-6-22)33-28(36)29(37)34-32-17-25-13-14-26(40-25)19-35(18-21-7-9-23(30)10-8-21)41(38,39)27-15-11-24(31)12-16-27/h2-17,20H,18-19H2,1H3,(H,33,36)(H,34,37)/b32-17+/t20-/m0/s1. The van der Waals surface area contributed by atoms with Crippen LogP contribution in [0.4, 0.5) is 0 Å². The Morgan fingerprint density at radius 1 is 0.878 bits per heavy atom. The minimum atomic E-state index is -3.94. The lowest BCUT2D eigenvalue weighted by molar-refractivity contribution is -0.139. The predicted octanol–water partition coefficient (Wildman–Crippen LogP) is 5.31. The van der Waals surface area contributed by atoms with E-state index in [1.807, 2.05) is 30.3 Å². The molecule has 1 atom stereocenters. The Morgan fingerprint density at radius 3 is 2.17 bits per heavy atom. The van der Waals surface area contributed by atoms with Crippen molar-refractivity contribution in [1.82, 2.24) is 15.0 Å². The molecule has 0 unspecified atom stereocenters. The Hall–Kier alpha value is -3.96. The number of benzene rings is 3. The number of sulfonamides is 1. The van der Waals surface area contributed by atoms with E-state index in [-0.39, 0.29) is 29.8 Å². The number of rotatable bonds is 10. The summed E-state index contributed by atoms with van der Waals surface area (Å²) in [6, 6.07) is 24.7. The third-order valence-corrected chi connectivity index (χ3v) is 8.26. The molecule has 9 nitrogen and oxygen atoms in total. The lowest BCUT2D eigenvalue weighted by Gasteiger charge is -2.21. The zero-order valence-electron chi connectivity index (χ0n) is 21.8. The Kier molecular flexibility index (Phi) is 9.95. The number of hydrogen-bond acceptors (Lipinski definition) is 6. The molecule has 0 bridgehead atoms. The molecule has 4 rings (SSSR count). The van der Waals surface area contributed by atoms with Gasteiger partial charge in [0, 0.05) is 16.6 Å². The Bertz CT molecular complexity index is 1620. The summed E-state index contributed by atoms with van der Waals surface area (Å²) in [6.07, 6.45) is 1.21. The van der Waals surface area contributed by atoms with E-state index >= 15 is 0 Å². The number of hydrogen-bond donors (Lipinski definition) is 2. The average molecular weight is 614 g/mol. The molecule has 2 amide bonds. The van der Waals surface area contributed by atoms with Crippen LogP contribution in [0, 0.1) is 0 Å². The van der Waals surface area contributed by atoms with Crippen LogP contribution in [-0.4, -0.2) is 30.8 Å². The molecular weight excluding hydrogens is 587 g/mol. The molecule has 4 aromatic rings. The van der Waals surface area contributed by atoms with Gasteiger partial charge in [0.25, 0.3) is 0 Å². The molecule has 2 N–H and O–H groups in total. The summed E-state index contributed by atoms with van der Waals surface area (Å²) in [5.41, 5.74) is 3.73. The fourth-order valence-corrected chi connectivity index (χ4v) is 5.44. The van der Waals surface area contributed by atoms with Crippen molar-refractivity contribution in [2.75, 3.05) is 0 Å². The predicted molar refractivity (Wildman–Crippen MR) is 157 cm³/mol. The summed E-state index contributed by atoms with van der Waals surface area (Å²) in [6.45, 7) is 1.73. The van der Waals surface area contributed by atoms with E-state index in [0.717, 1.165) is 11.1 Å². The summed E-state index contributed by atoms with van der Waals surface area (Å²) in [4.78, 5) is 24.4. The van der Waals surface area contributed by atoms with Gasteiger partial charge in [-0.15, -0.1) is 0 Å². The number of furan rings is 1. The highest BCUT2D eigenvalue weighted by molar-refractivity contribution is 7.89. The van der Waals surface area contributed by atoms with Crippen LogP contribution in [0.5, 0.6) is 0 Å². The van der Waals surface area contributed by atoms with Crippen molar-refractivity contribution < 1.29 is 22.4 Å². The normalized spacial score (nSPS) is 12.4. The van der Waals surface area contributed by atoms with Crippen LogP contribution in [0.2, 0.25) is 10.0 Å². The van der Waals surface area contributed by atoms with Gasteiger partial charge in [-0.05, 0) is 66.6 Å². The fraction of sp³-hybridized carbons (Fsp3) is 0.138. The molecule has 0 aliphatic rings. The van der Waals surface area contributed by atoms with Gasteiger partial charge in [0.15, 0.2) is 0 Å². The molecule has 41 heavy (non-hydrogen) atoms. The van der Waals surface area contributed by atoms with E-state index in [9.17, 15) is 18.0 Å². The topological polar surface area (TPSA) is 121 Å². The number of nitrogens with one attached hydrogen (secondary N) is 2. The molecule has 0 aliphatic carbocycles. The van der Waals surface area contributed by atoms with E-state index in [1.54, 1.807) is 43.3 Å². The summed E-state index contributed by atoms with van der Waals surface area (Å²) >= 11 is 11.9. The van der Waals surface area contributed by atoms with Crippen molar-refractivity contribution in [3.05, 3.63) is 124 Å².